The largest absolute Gasteiger partial charge is 0.493 e. The predicted octanol–water partition coefficient (Wildman–Crippen LogP) is 3.35. The summed E-state index contributed by atoms with van der Waals surface area (Å²) in [6.45, 7) is 3.92. The summed E-state index contributed by atoms with van der Waals surface area (Å²) in [5.74, 6) is 0.498. The van der Waals surface area contributed by atoms with Crippen molar-refractivity contribution in [3.63, 3.8) is 0 Å². The Morgan fingerprint density at radius 3 is 2.72 bits per heavy atom. The number of likely N-dealkylation sites (tertiary alicyclic amines) is 1. The zero-order valence-corrected chi connectivity index (χ0v) is 14.9. The lowest BCUT2D eigenvalue weighted by molar-refractivity contribution is -0.143. The van der Waals surface area contributed by atoms with Crippen LogP contribution < -0.4 is 4.74 Å². The summed E-state index contributed by atoms with van der Waals surface area (Å²) in [6, 6.07) is 6.42. The number of benzene rings is 1. The fourth-order valence-electron chi connectivity index (χ4n) is 4.00. The second-order valence-electron chi connectivity index (χ2n) is 7.40. The highest BCUT2D eigenvalue weighted by atomic mass is 16.5. The minimum absolute atomic E-state index is 0.274. The molecule has 0 bridgehead atoms. The van der Waals surface area contributed by atoms with Crippen LogP contribution in [-0.4, -0.2) is 41.6 Å². The smallest absolute Gasteiger partial charge is 0.312 e. The zero-order chi connectivity index (χ0) is 17.8. The number of aliphatic carboxylic acids is 1. The lowest BCUT2D eigenvalue weighted by Crippen LogP contribution is -2.31. The van der Waals surface area contributed by atoms with Crippen molar-refractivity contribution in [2.75, 3.05) is 19.7 Å². The van der Waals surface area contributed by atoms with Crippen molar-refractivity contribution in [3.8, 4) is 5.75 Å². The highest BCUT2D eigenvalue weighted by Gasteiger charge is 2.28. The summed E-state index contributed by atoms with van der Waals surface area (Å²) in [4.78, 5) is 24.2. The summed E-state index contributed by atoms with van der Waals surface area (Å²) in [6.07, 6.45) is 5.51. The molecule has 1 saturated heterocycles. The molecule has 2 aliphatic rings. The van der Waals surface area contributed by atoms with E-state index in [1.807, 2.05) is 0 Å². The summed E-state index contributed by atoms with van der Waals surface area (Å²) in [5.41, 5.74) is 2.59. The molecule has 1 N–H and O–H groups in total. The van der Waals surface area contributed by atoms with Crippen molar-refractivity contribution in [1.29, 1.82) is 0 Å². The average Bonchev–Trinajstić information content (AvgIpc) is 3.25. The molecular formula is C20H27NO4. The van der Waals surface area contributed by atoms with Gasteiger partial charge in [0.15, 0.2) is 0 Å². The average molecular weight is 345 g/mol. The molecule has 1 heterocycles. The fraction of sp³-hybridized carbons (Fsp3) is 0.600. The van der Waals surface area contributed by atoms with Gasteiger partial charge in [-0.25, -0.2) is 0 Å². The lowest BCUT2D eigenvalue weighted by Gasteiger charge is -2.19. The maximum atomic E-state index is 11.8. The Labute approximate surface area is 149 Å². The molecule has 3 rings (SSSR count). The quantitative estimate of drug-likeness (QED) is 0.803. The van der Waals surface area contributed by atoms with Gasteiger partial charge in [0.1, 0.15) is 12.2 Å². The topological polar surface area (TPSA) is 66.8 Å². The molecule has 1 saturated carbocycles. The van der Waals surface area contributed by atoms with Crippen molar-refractivity contribution in [3.05, 3.63) is 29.3 Å². The number of amides is 1. The van der Waals surface area contributed by atoms with E-state index in [1.54, 1.807) is 4.90 Å². The SMILES string of the molecule is Cc1ccc(OC[C@@H]2CCN(C(=O)CC(=O)O)C2)c(C2CCCC2)c1. The van der Waals surface area contributed by atoms with Crippen LogP contribution in [0.5, 0.6) is 5.75 Å². The Bertz CT molecular complexity index is 637. The predicted molar refractivity (Wildman–Crippen MR) is 94.8 cm³/mol. The van der Waals surface area contributed by atoms with Gasteiger partial charge in [0, 0.05) is 19.0 Å². The van der Waals surface area contributed by atoms with Gasteiger partial charge < -0.3 is 14.7 Å². The highest BCUT2D eigenvalue weighted by Crippen LogP contribution is 2.39. The van der Waals surface area contributed by atoms with Crippen LogP contribution in [0.3, 0.4) is 0 Å². The van der Waals surface area contributed by atoms with Gasteiger partial charge in [0.25, 0.3) is 0 Å². The first-order chi connectivity index (χ1) is 12.0. The van der Waals surface area contributed by atoms with Crippen molar-refractivity contribution < 1.29 is 19.4 Å². The molecule has 0 spiro atoms. The lowest BCUT2D eigenvalue weighted by atomic mass is 9.95. The van der Waals surface area contributed by atoms with Crippen LogP contribution in [0.2, 0.25) is 0 Å². The molecule has 1 amide bonds. The molecule has 0 aromatic heterocycles. The van der Waals surface area contributed by atoms with E-state index in [1.165, 1.54) is 36.8 Å². The zero-order valence-electron chi connectivity index (χ0n) is 14.9. The van der Waals surface area contributed by atoms with E-state index in [2.05, 4.69) is 25.1 Å². The van der Waals surface area contributed by atoms with Gasteiger partial charge in [-0.15, -0.1) is 0 Å². The first kappa shape index (κ1) is 17.8. The maximum absolute atomic E-state index is 11.8. The van der Waals surface area contributed by atoms with Gasteiger partial charge in [0.2, 0.25) is 5.91 Å². The third kappa shape index (κ3) is 4.53. The Hall–Kier alpha value is -2.04. The first-order valence-corrected chi connectivity index (χ1v) is 9.26. The third-order valence-corrected chi connectivity index (χ3v) is 5.38. The second-order valence-corrected chi connectivity index (χ2v) is 7.40. The molecule has 1 aromatic carbocycles. The number of nitrogens with zero attached hydrogens (tertiary/aromatic N) is 1. The van der Waals surface area contributed by atoms with Gasteiger partial charge in [-0.2, -0.15) is 0 Å². The molecule has 1 aromatic rings. The van der Waals surface area contributed by atoms with Crippen LogP contribution in [0.1, 0.15) is 55.6 Å². The summed E-state index contributed by atoms with van der Waals surface area (Å²) in [7, 11) is 0. The third-order valence-electron chi connectivity index (χ3n) is 5.38. The normalized spacial score (nSPS) is 20.8. The van der Waals surface area contributed by atoms with Gasteiger partial charge in [-0.05, 0) is 43.7 Å². The number of rotatable bonds is 6. The second kappa shape index (κ2) is 7.89. The molecule has 25 heavy (non-hydrogen) atoms. The number of carbonyl (C=O) groups excluding carboxylic acids is 1. The molecule has 1 aliphatic heterocycles. The van der Waals surface area contributed by atoms with Crippen LogP contribution in [0, 0.1) is 12.8 Å². The van der Waals surface area contributed by atoms with Crippen LogP contribution in [-0.2, 0) is 9.59 Å². The fourth-order valence-corrected chi connectivity index (χ4v) is 4.00. The molecule has 0 unspecified atom stereocenters. The summed E-state index contributed by atoms with van der Waals surface area (Å²) < 4.78 is 6.14. The first-order valence-electron chi connectivity index (χ1n) is 9.26. The van der Waals surface area contributed by atoms with E-state index in [-0.39, 0.29) is 11.8 Å². The highest BCUT2D eigenvalue weighted by molar-refractivity contribution is 5.93. The van der Waals surface area contributed by atoms with Crippen molar-refractivity contribution in [1.82, 2.24) is 4.90 Å². The van der Waals surface area contributed by atoms with Crippen molar-refractivity contribution >= 4 is 11.9 Å². The molecule has 5 heteroatoms. The van der Waals surface area contributed by atoms with Gasteiger partial charge in [0.05, 0.1) is 6.61 Å². The number of hydrogen-bond acceptors (Lipinski definition) is 3. The van der Waals surface area contributed by atoms with E-state index >= 15 is 0 Å². The number of aryl methyl sites for hydroxylation is 1. The number of carbonyl (C=O) groups is 2. The van der Waals surface area contributed by atoms with Crippen molar-refractivity contribution in [2.24, 2.45) is 5.92 Å². The Morgan fingerprint density at radius 2 is 2.00 bits per heavy atom. The Kier molecular flexibility index (Phi) is 5.61. The van der Waals surface area contributed by atoms with E-state index in [0.29, 0.717) is 25.6 Å². The molecular weight excluding hydrogens is 318 g/mol. The number of ether oxygens (including phenoxy) is 1. The molecule has 1 aliphatic carbocycles. The minimum Gasteiger partial charge on any atom is -0.493 e. The van der Waals surface area contributed by atoms with E-state index in [4.69, 9.17) is 9.84 Å². The van der Waals surface area contributed by atoms with Crippen LogP contribution in [0.15, 0.2) is 18.2 Å². The van der Waals surface area contributed by atoms with Crippen LogP contribution in [0.4, 0.5) is 0 Å². The Balaban J connectivity index is 1.57. The van der Waals surface area contributed by atoms with Gasteiger partial charge in [-0.1, -0.05) is 30.5 Å². The van der Waals surface area contributed by atoms with E-state index in [9.17, 15) is 9.59 Å². The number of carboxylic acids is 1. The van der Waals surface area contributed by atoms with Crippen LogP contribution >= 0.6 is 0 Å². The monoisotopic (exact) mass is 345 g/mol. The van der Waals surface area contributed by atoms with Crippen LogP contribution in [0.25, 0.3) is 0 Å². The standard InChI is InChI=1S/C20H27NO4/c1-14-6-7-18(17(10-14)16-4-2-3-5-16)25-13-15-8-9-21(12-15)19(22)11-20(23)24/h6-7,10,15-16H,2-5,8-9,11-13H2,1H3,(H,23,24)/t15-/m1/s1. The van der Waals surface area contributed by atoms with Gasteiger partial charge in [-0.3, -0.25) is 9.59 Å². The summed E-state index contributed by atoms with van der Waals surface area (Å²) in [5, 5.41) is 8.75. The summed E-state index contributed by atoms with van der Waals surface area (Å²) >= 11 is 0. The van der Waals surface area contributed by atoms with E-state index < -0.39 is 12.4 Å². The minimum atomic E-state index is -1.06. The Morgan fingerprint density at radius 1 is 1.24 bits per heavy atom. The van der Waals surface area contributed by atoms with Gasteiger partial charge >= 0.3 is 5.97 Å². The maximum Gasteiger partial charge on any atom is 0.312 e. The molecule has 136 valence electrons. The molecule has 1 atom stereocenters. The molecule has 5 nitrogen and oxygen atoms in total. The number of hydrogen-bond donors (Lipinski definition) is 1. The van der Waals surface area contributed by atoms with Crippen molar-refractivity contribution in [2.45, 2.75) is 51.4 Å². The molecule has 2 fully saturated rings. The molecule has 0 radical (unpaired) electrons. The van der Waals surface area contributed by atoms with E-state index in [0.717, 1.165) is 12.2 Å². The number of carboxylic acid groups (broad SMARTS) is 1.